The van der Waals surface area contributed by atoms with E-state index in [9.17, 15) is 9.18 Å². The molecule has 0 unspecified atom stereocenters. The highest BCUT2D eigenvalue weighted by Gasteiger charge is 2.06. The maximum atomic E-state index is 13.1. The van der Waals surface area contributed by atoms with Crippen LogP contribution in [-0.4, -0.2) is 22.1 Å². The van der Waals surface area contributed by atoms with Crippen LogP contribution in [0.15, 0.2) is 64.9 Å². The van der Waals surface area contributed by atoms with Crippen molar-refractivity contribution in [1.29, 1.82) is 0 Å². The second kappa shape index (κ2) is 9.23. The Bertz CT molecular complexity index is 985. The van der Waals surface area contributed by atoms with Crippen LogP contribution in [0.4, 0.5) is 4.39 Å². The minimum Gasteiger partial charge on any atom is -0.267 e. The van der Waals surface area contributed by atoms with Crippen molar-refractivity contribution < 1.29 is 9.18 Å². The molecule has 0 aliphatic carbocycles. The van der Waals surface area contributed by atoms with E-state index in [0.29, 0.717) is 16.9 Å². The molecule has 0 bridgehead atoms. The maximum Gasteiger partial charge on any atom is 0.271 e. The van der Waals surface area contributed by atoms with Crippen molar-refractivity contribution in [3.05, 3.63) is 88.5 Å². The fraction of sp³-hybridized carbons (Fsp3) is 0.143. The number of nitrogens with one attached hydrogen (secondary N) is 1. The molecule has 5 nitrogen and oxygen atoms in total. The van der Waals surface area contributed by atoms with Gasteiger partial charge in [-0.1, -0.05) is 36.0 Å². The zero-order valence-corrected chi connectivity index (χ0v) is 16.3. The van der Waals surface area contributed by atoms with Gasteiger partial charge in [-0.25, -0.2) is 19.8 Å². The minimum atomic E-state index is -0.352. The molecule has 0 spiro atoms. The van der Waals surface area contributed by atoms with Gasteiger partial charge in [-0.3, -0.25) is 4.79 Å². The maximum absolute atomic E-state index is 13.1. The SMILES string of the molecule is Cc1cc(C)nc(SCc2ccc(C(=O)N/N=C\c3cccc(F)c3)cc2)n1. The first-order valence-electron chi connectivity index (χ1n) is 8.62. The number of amides is 1. The molecule has 1 heterocycles. The first-order chi connectivity index (χ1) is 13.5. The summed E-state index contributed by atoms with van der Waals surface area (Å²) in [4.78, 5) is 21.0. The van der Waals surface area contributed by atoms with Gasteiger partial charge in [0, 0.05) is 22.7 Å². The quantitative estimate of drug-likeness (QED) is 0.293. The summed E-state index contributed by atoms with van der Waals surface area (Å²) < 4.78 is 13.1. The molecule has 28 heavy (non-hydrogen) atoms. The van der Waals surface area contributed by atoms with Gasteiger partial charge >= 0.3 is 0 Å². The fourth-order valence-corrected chi connectivity index (χ4v) is 3.38. The Morgan fingerprint density at radius 3 is 2.50 bits per heavy atom. The van der Waals surface area contributed by atoms with Crippen molar-refractivity contribution in [2.75, 3.05) is 0 Å². The lowest BCUT2D eigenvalue weighted by atomic mass is 10.1. The molecule has 3 rings (SSSR count). The van der Waals surface area contributed by atoms with Crippen LogP contribution in [0.1, 0.15) is 32.9 Å². The van der Waals surface area contributed by atoms with E-state index in [1.54, 1.807) is 36.0 Å². The number of hydrogen-bond acceptors (Lipinski definition) is 5. The van der Waals surface area contributed by atoms with Gasteiger partial charge in [0.1, 0.15) is 5.82 Å². The highest BCUT2D eigenvalue weighted by atomic mass is 32.2. The molecule has 1 amide bonds. The van der Waals surface area contributed by atoms with Crippen LogP contribution in [0.5, 0.6) is 0 Å². The van der Waals surface area contributed by atoms with Gasteiger partial charge in [0.05, 0.1) is 6.21 Å². The predicted molar refractivity (Wildman–Crippen MR) is 109 cm³/mol. The number of nitrogens with zero attached hydrogens (tertiary/aromatic N) is 3. The van der Waals surface area contributed by atoms with Gasteiger partial charge in [-0.05, 0) is 55.3 Å². The summed E-state index contributed by atoms with van der Waals surface area (Å²) in [7, 11) is 0. The van der Waals surface area contributed by atoms with Gasteiger partial charge < -0.3 is 0 Å². The molecule has 1 N–H and O–H groups in total. The Balaban J connectivity index is 1.55. The molecule has 142 valence electrons. The summed E-state index contributed by atoms with van der Waals surface area (Å²) in [6.45, 7) is 3.89. The van der Waals surface area contributed by atoms with Crippen molar-refractivity contribution in [2.45, 2.75) is 24.8 Å². The largest absolute Gasteiger partial charge is 0.271 e. The Hall–Kier alpha value is -3.06. The molecule has 1 aromatic heterocycles. The zero-order chi connectivity index (χ0) is 19.9. The van der Waals surface area contributed by atoms with Gasteiger partial charge in [-0.2, -0.15) is 5.10 Å². The van der Waals surface area contributed by atoms with Crippen LogP contribution in [0.25, 0.3) is 0 Å². The van der Waals surface area contributed by atoms with Gasteiger partial charge in [-0.15, -0.1) is 0 Å². The number of thioether (sulfide) groups is 1. The molecular weight excluding hydrogens is 375 g/mol. The minimum absolute atomic E-state index is 0.329. The Morgan fingerprint density at radius 2 is 1.82 bits per heavy atom. The van der Waals surface area contributed by atoms with Crippen LogP contribution >= 0.6 is 11.8 Å². The van der Waals surface area contributed by atoms with E-state index < -0.39 is 0 Å². The summed E-state index contributed by atoms with van der Waals surface area (Å²) in [5, 5.41) is 4.60. The molecule has 0 saturated heterocycles. The number of hydrazone groups is 1. The lowest BCUT2D eigenvalue weighted by molar-refractivity contribution is 0.0955. The number of carbonyl (C=O) groups excluding carboxylic acids is 1. The number of benzene rings is 2. The van der Waals surface area contributed by atoms with Crippen LogP contribution in [-0.2, 0) is 5.75 Å². The van der Waals surface area contributed by atoms with Crippen molar-refractivity contribution >= 4 is 23.9 Å². The molecule has 0 aliphatic rings. The predicted octanol–water partition coefficient (Wildman–Crippen LogP) is 4.29. The van der Waals surface area contributed by atoms with Crippen molar-refractivity contribution in [2.24, 2.45) is 5.10 Å². The molecular formula is C21H19FN4OS. The topological polar surface area (TPSA) is 67.2 Å². The zero-order valence-electron chi connectivity index (χ0n) is 15.5. The Labute approximate surface area is 167 Å². The second-order valence-corrected chi connectivity index (χ2v) is 7.12. The molecule has 0 fully saturated rings. The standard InChI is InChI=1S/C21H19FN4OS/c1-14-10-15(2)25-21(24-14)28-13-16-6-8-18(9-7-16)20(27)26-23-12-17-4-3-5-19(22)11-17/h3-12H,13H2,1-2H3,(H,26,27)/b23-12-. The van der Waals surface area contributed by atoms with E-state index in [2.05, 4.69) is 20.5 Å². The summed E-state index contributed by atoms with van der Waals surface area (Å²) in [6.07, 6.45) is 1.40. The Kier molecular flexibility index (Phi) is 6.49. The lowest BCUT2D eigenvalue weighted by Crippen LogP contribution is -2.17. The van der Waals surface area contributed by atoms with Crippen LogP contribution in [0.3, 0.4) is 0 Å². The number of hydrogen-bond donors (Lipinski definition) is 1. The second-order valence-electron chi connectivity index (χ2n) is 6.17. The van der Waals surface area contributed by atoms with E-state index in [1.165, 1.54) is 18.3 Å². The molecule has 7 heteroatoms. The third-order valence-electron chi connectivity index (χ3n) is 3.77. The van der Waals surface area contributed by atoms with Crippen molar-refractivity contribution in [3.8, 4) is 0 Å². The van der Waals surface area contributed by atoms with Crippen molar-refractivity contribution in [1.82, 2.24) is 15.4 Å². The molecule has 0 atom stereocenters. The van der Waals surface area contributed by atoms with Crippen LogP contribution in [0.2, 0.25) is 0 Å². The summed E-state index contributed by atoms with van der Waals surface area (Å²) in [6, 6.07) is 15.2. The van der Waals surface area contributed by atoms with Crippen molar-refractivity contribution in [3.63, 3.8) is 0 Å². The van der Waals surface area contributed by atoms with Gasteiger partial charge in [0.2, 0.25) is 0 Å². The van der Waals surface area contributed by atoms with Crippen LogP contribution in [0, 0.1) is 19.7 Å². The molecule has 2 aromatic carbocycles. The third-order valence-corrected chi connectivity index (χ3v) is 4.69. The van der Waals surface area contributed by atoms with E-state index in [0.717, 1.165) is 22.1 Å². The van der Waals surface area contributed by atoms with E-state index in [4.69, 9.17) is 0 Å². The number of rotatable bonds is 6. The highest BCUT2D eigenvalue weighted by Crippen LogP contribution is 2.20. The fourth-order valence-electron chi connectivity index (χ4n) is 2.48. The normalized spacial score (nSPS) is 11.0. The number of aryl methyl sites for hydroxylation is 2. The average Bonchev–Trinajstić information content (AvgIpc) is 2.66. The first-order valence-corrected chi connectivity index (χ1v) is 9.61. The summed E-state index contributed by atoms with van der Waals surface area (Å²) >= 11 is 1.55. The summed E-state index contributed by atoms with van der Waals surface area (Å²) in [5.41, 5.74) is 6.46. The third kappa shape index (κ3) is 5.72. The first kappa shape index (κ1) is 19.7. The number of aromatic nitrogens is 2. The monoisotopic (exact) mass is 394 g/mol. The molecule has 3 aromatic rings. The molecule has 0 aliphatic heterocycles. The Morgan fingerprint density at radius 1 is 1.11 bits per heavy atom. The molecule has 0 saturated carbocycles. The van der Waals surface area contributed by atoms with Gasteiger partial charge in [0.15, 0.2) is 5.16 Å². The number of halogens is 1. The van der Waals surface area contributed by atoms with Crippen LogP contribution < -0.4 is 5.43 Å². The van der Waals surface area contributed by atoms with E-state index in [1.807, 2.05) is 32.0 Å². The lowest BCUT2D eigenvalue weighted by Gasteiger charge is -2.05. The van der Waals surface area contributed by atoms with E-state index >= 15 is 0 Å². The molecule has 0 radical (unpaired) electrons. The van der Waals surface area contributed by atoms with E-state index in [-0.39, 0.29) is 11.7 Å². The smallest absolute Gasteiger partial charge is 0.267 e. The number of carbonyl (C=O) groups is 1. The highest BCUT2D eigenvalue weighted by molar-refractivity contribution is 7.98. The summed E-state index contributed by atoms with van der Waals surface area (Å²) in [5.74, 6) is 0.0298. The average molecular weight is 394 g/mol. The van der Waals surface area contributed by atoms with Gasteiger partial charge in [0.25, 0.3) is 5.91 Å².